The molecule has 1 atom stereocenters. The monoisotopic (exact) mass is 411 g/mol. The minimum atomic E-state index is -0.510. The average molecular weight is 413 g/mol. The lowest BCUT2D eigenvalue weighted by atomic mass is 9.99. The van der Waals surface area contributed by atoms with Crippen LogP contribution in [-0.4, -0.2) is 29.6 Å². The molecule has 2 aromatic carbocycles. The Morgan fingerprint density at radius 1 is 1.04 bits per heavy atom. The molecule has 0 spiro atoms. The first-order valence-corrected chi connectivity index (χ1v) is 9.44. The van der Waals surface area contributed by atoms with Crippen molar-refractivity contribution in [2.75, 3.05) is 19.6 Å². The van der Waals surface area contributed by atoms with E-state index in [1.54, 1.807) is 12.1 Å². The summed E-state index contributed by atoms with van der Waals surface area (Å²) in [5, 5.41) is 11.4. The number of benzene rings is 2. The van der Waals surface area contributed by atoms with Crippen molar-refractivity contribution in [3.63, 3.8) is 0 Å². The molecule has 1 aliphatic rings. The van der Waals surface area contributed by atoms with Crippen LogP contribution in [0, 0.1) is 0 Å². The minimum Gasteiger partial charge on any atom is -0.388 e. The lowest BCUT2D eigenvalue weighted by molar-refractivity contribution is 0.144. The summed E-state index contributed by atoms with van der Waals surface area (Å²) in [6, 6.07) is 15.9. The molecule has 0 fully saturated rings. The molecule has 1 unspecified atom stereocenters. The van der Waals surface area contributed by atoms with Crippen LogP contribution in [-0.2, 0) is 6.42 Å². The summed E-state index contributed by atoms with van der Waals surface area (Å²) in [6.07, 6.45) is 4.66. The molecule has 0 saturated carbocycles. The highest BCUT2D eigenvalue weighted by molar-refractivity contribution is 6.42. The zero-order valence-corrected chi connectivity index (χ0v) is 16.9. The maximum Gasteiger partial charge on any atom is 0.0802 e. The van der Waals surface area contributed by atoms with E-state index >= 15 is 0 Å². The van der Waals surface area contributed by atoms with Crippen molar-refractivity contribution in [2.45, 2.75) is 25.4 Å². The van der Waals surface area contributed by atoms with Crippen LogP contribution in [0.15, 0.2) is 60.2 Å². The minimum absolute atomic E-state index is 0. The van der Waals surface area contributed by atoms with Crippen LogP contribution in [0.5, 0.6) is 0 Å². The first-order valence-electron chi connectivity index (χ1n) is 8.69. The van der Waals surface area contributed by atoms with Crippen LogP contribution < -0.4 is 0 Å². The van der Waals surface area contributed by atoms with Gasteiger partial charge < -0.3 is 5.11 Å². The van der Waals surface area contributed by atoms with Gasteiger partial charge in [0.15, 0.2) is 0 Å². The van der Waals surface area contributed by atoms with Gasteiger partial charge in [0.25, 0.3) is 0 Å². The quantitative estimate of drug-likeness (QED) is 0.614. The molecular weight excluding hydrogens is 389 g/mol. The van der Waals surface area contributed by atoms with Crippen LogP contribution in [0.2, 0.25) is 10.0 Å². The summed E-state index contributed by atoms with van der Waals surface area (Å²) >= 11 is 12.0. The molecule has 3 rings (SSSR count). The summed E-state index contributed by atoms with van der Waals surface area (Å²) < 4.78 is 0. The Bertz CT molecular complexity index is 733. The molecule has 1 N–H and O–H groups in total. The highest BCUT2D eigenvalue weighted by Crippen LogP contribution is 2.27. The number of aliphatic hydroxyl groups excluding tert-OH is 1. The van der Waals surface area contributed by atoms with Gasteiger partial charge in [0.2, 0.25) is 0 Å². The van der Waals surface area contributed by atoms with Crippen molar-refractivity contribution >= 4 is 35.6 Å². The van der Waals surface area contributed by atoms with Gasteiger partial charge in [-0.3, -0.25) is 4.90 Å². The van der Waals surface area contributed by atoms with E-state index in [0.717, 1.165) is 38.0 Å². The van der Waals surface area contributed by atoms with Gasteiger partial charge in [-0.25, -0.2) is 0 Å². The first-order chi connectivity index (χ1) is 12.1. The second-order valence-corrected chi connectivity index (χ2v) is 7.37. The van der Waals surface area contributed by atoms with E-state index in [9.17, 15) is 5.11 Å². The predicted octanol–water partition coefficient (Wildman–Crippen LogP) is 5.71. The molecule has 140 valence electrons. The third kappa shape index (κ3) is 6.00. The Labute approximate surface area is 171 Å². The molecule has 0 amide bonds. The Morgan fingerprint density at radius 3 is 2.46 bits per heavy atom. The molecule has 0 bridgehead atoms. The summed E-state index contributed by atoms with van der Waals surface area (Å²) in [7, 11) is 0. The van der Waals surface area contributed by atoms with E-state index in [1.165, 1.54) is 11.1 Å². The normalized spacial score (nSPS) is 15.9. The van der Waals surface area contributed by atoms with Crippen molar-refractivity contribution < 1.29 is 5.11 Å². The maximum atomic E-state index is 10.4. The smallest absolute Gasteiger partial charge is 0.0802 e. The SMILES string of the molecule is Cl.OC(CCN1CC=C(Cc2ccccc2)CC1)c1ccc(Cl)c(Cl)c1. The average Bonchev–Trinajstić information content (AvgIpc) is 2.64. The molecule has 26 heavy (non-hydrogen) atoms. The molecular formula is C21H24Cl3NO. The van der Waals surface area contributed by atoms with E-state index in [0.29, 0.717) is 16.5 Å². The fraction of sp³-hybridized carbons (Fsp3) is 0.333. The van der Waals surface area contributed by atoms with E-state index in [-0.39, 0.29) is 12.4 Å². The topological polar surface area (TPSA) is 23.5 Å². The third-order valence-electron chi connectivity index (χ3n) is 4.71. The second-order valence-electron chi connectivity index (χ2n) is 6.55. The molecule has 2 nitrogen and oxygen atoms in total. The van der Waals surface area contributed by atoms with Crippen molar-refractivity contribution in [1.29, 1.82) is 0 Å². The van der Waals surface area contributed by atoms with E-state index < -0.39 is 6.10 Å². The van der Waals surface area contributed by atoms with Crippen molar-refractivity contribution in [2.24, 2.45) is 0 Å². The van der Waals surface area contributed by atoms with Crippen LogP contribution in [0.4, 0.5) is 0 Å². The molecule has 1 heterocycles. The summed E-state index contributed by atoms with van der Waals surface area (Å²) in [5.74, 6) is 0. The largest absolute Gasteiger partial charge is 0.388 e. The van der Waals surface area contributed by atoms with Gasteiger partial charge in [-0.05, 0) is 42.5 Å². The summed E-state index contributed by atoms with van der Waals surface area (Å²) in [6.45, 7) is 2.87. The van der Waals surface area contributed by atoms with Crippen molar-refractivity contribution in [3.05, 3.63) is 81.4 Å². The number of hydrogen-bond acceptors (Lipinski definition) is 2. The first kappa shape index (κ1) is 21.3. The third-order valence-corrected chi connectivity index (χ3v) is 5.45. The molecule has 0 radical (unpaired) electrons. The predicted molar refractivity (Wildman–Crippen MR) is 113 cm³/mol. The fourth-order valence-corrected chi connectivity index (χ4v) is 3.47. The Hall–Kier alpha value is -1.03. The summed E-state index contributed by atoms with van der Waals surface area (Å²) in [4.78, 5) is 2.38. The van der Waals surface area contributed by atoms with Gasteiger partial charge in [-0.15, -0.1) is 12.4 Å². The lowest BCUT2D eigenvalue weighted by Gasteiger charge is -2.27. The van der Waals surface area contributed by atoms with E-state index in [2.05, 4.69) is 41.3 Å². The van der Waals surface area contributed by atoms with Crippen LogP contribution in [0.1, 0.15) is 30.1 Å². The zero-order valence-electron chi connectivity index (χ0n) is 14.6. The van der Waals surface area contributed by atoms with Crippen molar-refractivity contribution in [1.82, 2.24) is 4.90 Å². The Morgan fingerprint density at radius 2 is 1.81 bits per heavy atom. The standard InChI is InChI=1S/C21H23Cl2NO.ClH/c22-19-7-6-18(15-20(19)23)21(25)10-13-24-11-8-17(9-12-24)14-16-4-2-1-3-5-16;/h1-8,15,21,25H,9-14H2;1H. The second kappa shape index (κ2) is 10.3. The highest BCUT2D eigenvalue weighted by Gasteiger charge is 2.15. The summed E-state index contributed by atoms with van der Waals surface area (Å²) in [5.41, 5.74) is 3.71. The number of nitrogens with zero attached hydrogens (tertiary/aromatic N) is 1. The molecule has 2 aromatic rings. The Balaban J connectivity index is 0.00000243. The van der Waals surface area contributed by atoms with Crippen LogP contribution in [0.25, 0.3) is 0 Å². The number of aliphatic hydroxyl groups is 1. The molecule has 1 aliphatic heterocycles. The maximum absolute atomic E-state index is 10.4. The van der Waals surface area contributed by atoms with Gasteiger partial charge >= 0.3 is 0 Å². The van der Waals surface area contributed by atoms with Crippen LogP contribution >= 0.6 is 35.6 Å². The van der Waals surface area contributed by atoms with E-state index in [4.69, 9.17) is 23.2 Å². The van der Waals surface area contributed by atoms with Gasteiger partial charge in [0.1, 0.15) is 0 Å². The van der Waals surface area contributed by atoms with Gasteiger partial charge in [0.05, 0.1) is 16.1 Å². The molecule has 5 heteroatoms. The number of halogens is 3. The molecule has 0 saturated heterocycles. The van der Waals surface area contributed by atoms with Crippen LogP contribution in [0.3, 0.4) is 0 Å². The number of rotatable bonds is 6. The van der Waals surface area contributed by atoms with Gasteiger partial charge in [-0.1, -0.05) is 71.2 Å². The number of hydrogen-bond donors (Lipinski definition) is 1. The highest BCUT2D eigenvalue weighted by atomic mass is 35.5. The lowest BCUT2D eigenvalue weighted by Crippen LogP contribution is -2.30. The van der Waals surface area contributed by atoms with Gasteiger partial charge in [0, 0.05) is 19.6 Å². The van der Waals surface area contributed by atoms with Gasteiger partial charge in [-0.2, -0.15) is 0 Å². The molecule has 0 aliphatic carbocycles. The fourth-order valence-electron chi connectivity index (χ4n) is 3.17. The van der Waals surface area contributed by atoms with Crippen molar-refractivity contribution in [3.8, 4) is 0 Å². The molecule has 0 aromatic heterocycles. The zero-order chi connectivity index (χ0) is 17.6. The Kier molecular flexibility index (Phi) is 8.46. The van der Waals surface area contributed by atoms with E-state index in [1.807, 2.05) is 6.07 Å².